The van der Waals surface area contributed by atoms with Crippen molar-refractivity contribution in [1.29, 1.82) is 0 Å². The number of carbonyl (C=O) groups excluding carboxylic acids is 1. The van der Waals surface area contributed by atoms with E-state index in [4.69, 9.17) is 9.47 Å². The molecule has 1 amide bonds. The van der Waals surface area contributed by atoms with E-state index in [1.165, 1.54) is 9.58 Å². The van der Waals surface area contributed by atoms with Crippen molar-refractivity contribution in [2.24, 2.45) is 0 Å². The Morgan fingerprint density at radius 1 is 1.17 bits per heavy atom. The van der Waals surface area contributed by atoms with Crippen LogP contribution in [0.15, 0.2) is 53.3 Å². The highest BCUT2D eigenvalue weighted by atomic mass is 16.5. The smallest absolute Gasteiger partial charge is 0.279 e. The zero-order valence-electron chi connectivity index (χ0n) is 16.9. The monoisotopic (exact) mass is 409 g/mol. The largest absolute Gasteiger partial charge is 0.497 e. The van der Waals surface area contributed by atoms with Gasteiger partial charge >= 0.3 is 0 Å². The van der Waals surface area contributed by atoms with Crippen LogP contribution in [0.25, 0.3) is 16.5 Å². The summed E-state index contributed by atoms with van der Waals surface area (Å²) < 4.78 is 11.9. The van der Waals surface area contributed by atoms with Gasteiger partial charge in [-0.05, 0) is 18.2 Å². The quantitative estimate of drug-likeness (QED) is 0.600. The molecule has 1 aromatic heterocycles. The van der Waals surface area contributed by atoms with Crippen LogP contribution in [0.3, 0.4) is 0 Å². The van der Waals surface area contributed by atoms with Crippen LogP contribution < -0.4 is 20.5 Å². The Labute approximate surface area is 174 Å². The molecular formula is C22H25N4O4+. The first-order chi connectivity index (χ1) is 14.7. The van der Waals surface area contributed by atoms with E-state index < -0.39 is 0 Å². The molecule has 0 unspecified atom stereocenters. The summed E-state index contributed by atoms with van der Waals surface area (Å²) in [6.45, 7) is 4.74. The molecule has 0 aliphatic carbocycles. The van der Waals surface area contributed by atoms with E-state index in [1.807, 2.05) is 0 Å². The lowest BCUT2D eigenvalue weighted by Crippen LogP contribution is -3.14. The predicted molar refractivity (Wildman–Crippen MR) is 113 cm³/mol. The number of amides is 1. The van der Waals surface area contributed by atoms with Gasteiger partial charge in [0.05, 0.1) is 44.5 Å². The lowest BCUT2D eigenvalue weighted by Gasteiger charge is -2.23. The number of fused-ring (bicyclic) bond motifs is 1. The van der Waals surface area contributed by atoms with Crippen LogP contribution in [0.1, 0.15) is 10.5 Å². The molecule has 1 aliphatic heterocycles. The van der Waals surface area contributed by atoms with Gasteiger partial charge in [-0.1, -0.05) is 24.3 Å². The number of quaternary nitrogens is 1. The Balaban J connectivity index is 1.65. The Bertz CT molecular complexity index is 1110. The number of nitrogens with one attached hydrogen (secondary N) is 2. The first-order valence-corrected chi connectivity index (χ1v) is 10.0. The zero-order chi connectivity index (χ0) is 20.9. The first-order valence-electron chi connectivity index (χ1n) is 10.0. The summed E-state index contributed by atoms with van der Waals surface area (Å²) >= 11 is 0. The molecule has 2 N–H and O–H groups in total. The number of carbonyl (C=O) groups is 1. The molecule has 8 heteroatoms. The van der Waals surface area contributed by atoms with Crippen molar-refractivity contribution in [2.45, 2.75) is 0 Å². The molecule has 8 nitrogen and oxygen atoms in total. The maximum Gasteiger partial charge on any atom is 0.279 e. The number of benzene rings is 2. The number of hydrogen-bond donors (Lipinski definition) is 2. The van der Waals surface area contributed by atoms with Gasteiger partial charge in [0.1, 0.15) is 18.8 Å². The topological polar surface area (TPSA) is 86.9 Å². The average Bonchev–Trinajstić information content (AvgIpc) is 2.80. The molecule has 4 rings (SSSR count). The lowest BCUT2D eigenvalue weighted by molar-refractivity contribution is -0.906. The highest BCUT2D eigenvalue weighted by Crippen LogP contribution is 2.18. The number of aromatic nitrogens is 2. The second-order valence-electron chi connectivity index (χ2n) is 7.18. The maximum atomic E-state index is 13.0. The molecule has 0 bridgehead atoms. The Kier molecular flexibility index (Phi) is 6.06. The molecular weight excluding hydrogens is 384 g/mol. The highest BCUT2D eigenvalue weighted by Gasteiger charge is 2.19. The summed E-state index contributed by atoms with van der Waals surface area (Å²) in [6.07, 6.45) is 0. The minimum absolute atomic E-state index is 0.227. The minimum Gasteiger partial charge on any atom is -0.497 e. The molecule has 3 aromatic rings. The van der Waals surface area contributed by atoms with Crippen LogP contribution in [0.2, 0.25) is 0 Å². The first kappa shape index (κ1) is 20.1. The SMILES string of the molecule is COc1cccc(-n2nc(C(=O)NCC[NH+]3CCOCC3)c3ccccc3c2=O)c1. The van der Waals surface area contributed by atoms with Crippen LogP contribution in [0.4, 0.5) is 0 Å². The van der Waals surface area contributed by atoms with Gasteiger partial charge in [0.2, 0.25) is 0 Å². The fourth-order valence-corrected chi connectivity index (χ4v) is 3.62. The number of rotatable bonds is 6. The van der Waals surface area contributed by atoms with Gasteiger partial charge in [-0.2, -0.15) is 9.78 Å². The van der Waals surface area contributed by atoms with E-state index in [-0.39, 0.29) is 17.2 Å². The summed E-state index contributed by atoms with van der Waals surface area (Å²) in [7, 11) is 1.56. The van der Waals surface area contributed by atoms with Crippen LogP contribution >= 0.6 is 0 Å². The molecule has 0 saturated carbocycles. The molecule has 30 heavy (non-hydrogen) atoms. The number of ether oxygens (including phenoxy) is 2. The minimum atomic E-state index is -0.296. The summed E-state index contributed by atoms with van der Waals surface area (Å²) in [4.78, 5) is 27.4. The van der Waals surface area contributed by atoms with Gasteiger partial charge in [0, 0.05) is 11.5 Å². The van der Waals surface area contributed by atoms with E-state index in [0.29, 0.717) is 28.8 Å². The molecule has 0 radical (unpaired) electrons. The van der Waals surface area contributed by atoms with Crippen molar-refractivity contribution in [2.75, 3.05) is 46.5 Å². The number of morpholine rings is 1. The molecule has 1 saturated heterocycles. The molecule has 156 valence electrons. The van der Waals surface area contributed by atoms with Crippen molar-refractivity contribution in [1.82, 2.24) is 15.1 Å². The Morgan fingerprint density at radius 2 is 1.93 bits per heavy atom. The third kappa shape index (κ3) is 4.19. The van der Waals surface area contributed by atoms with Crippen LogP contribution in [-0.2, 0) is 4.74 Å². The van der Waals surface area contributed by atoms with E-state index in [9.17, 15) is 9.59 Å². The molecule has 2 heterocycles. The molecule has 1 aliphatic rings. The van der Waals surface area contributed by atoms with Gasteiger partial charge in [0.25, 0.3) is 11.5 Å². The normalized spacial score (nSPS) is 14.6. The maximum absolute atomic E-state index is 13.0. The van der Waals surface area contributed by atoms with Crippen LogP contribution in [-0.4, -0.2) is 62.2 Å². The van der Waals surface area contributed by atoms with Crippen molar-refractivity contribution < 1.29 is 19.2 Å². The Morgan fingerprint density at radius 3 is 2.70 bits per heavy atom. The third-order valence-electron chi connectivity index (χ3n) is 5.28. The van der Waals surface area contributed by atoms with Crippen molar-refractivity contribution in [3.8, 4) is 11.4 Å². The van der Waals surface area contributed by atoms with Crippen molar-refractivity contribution in [3.63, 3.8) is 0 Å². The van der Waals surface area contributed by atoms with Crippen molar-refractivity contribution >= 4 is 16.7 Å². The van der Waals surface area contributed by atoms with Crippen LogP contribution in [0.5, 0.6) is 5.75 Å². The van der Waals surface area contributed by atoms with Gasteiger partial charge in [-0.3, -0.25) is 9.59 Å². The molecule has 2 aromatic carbocycles. The highest BCUT2D eigenvalue weighted by molar-refractivity contribution is 6.04. The summed E-state index contributed by atoms with van der Waals surface area (Å²) in [6, 6.07) is 14.1. The van der Waals surface area contributed by atoms with Crippen LogP contribution in [0, 0.1) is 0 Å². The summed E-state index contributed by atoms with van der Waals surface area (Å²) in [5.74, 6) is 0.310. The molecule has 0 atom stereocenters. The predicted octanol–water partition coefficient (Wildman–Crippen LogP) is 0.0392. The van der Waals surface area contributed by atoms with E-state index in [0.717, 1.165) is 32.8 Å². The fourth-order valence-electron chi connectivity index (χ4n) is 3.62. The van der Waals surface area contributed by atoms with E-state index in [1.54, 1.807) is 55.6 Å². The zero-order valence-corrected chi connectivity index (χ0v) is 16.9. The Hall–Kier alpha value is -3.23. The molecule has 0 spiro atoms. The number of nitrogens with zero attached hydrogens (tertiary/aromatic N) is 2. The standard InChI is InChI=1S/C22H24N4O4/c1-29-17-6-4-5-16(15-17)26-22(28)19-8-3-2-7-18(19)20(24-26)21(27)23-9-10-25-11-13-30-14-12-25/h2-8,15H,9-14H2,1H3,(H,23,27)/p+1. The lowest BCUT2D eigenvalue weighted by atomic mass is 10.1. The molecule has 1 fully saturated rings. The van der Waals surface area contributed by atoms with Gasteiger partial charge < -0.3 is 19.7 Å². The van der Waals surface area contributed by atoms with E-state index in [2.05, 4.69) is 10.4 Å². The van der Waals surface area contributed by atoms with Gasteiger partial charge in [0.15, 0.2) is 5.69 Å². The van der Waals surface area contributed by atoms with Gasteiger partial charge in [-0.15, -0.1) is 0 Å². The number of hydrogen-bond acceptors (Lipinski definition) is 5. The van der Waals surface area contributed by atoms with Crippen molar-refractivity contribution in [3.05, 3.63) is 64.6 Å². The van der Waals surface area contributed by atoms with Gasteiger partial charge in [-0.25, -0.2) is 0 Å². The summed E-state index contributed by atoms with van der Waals surface area (Å²) in [5.41, 5.74) is 0.482. The van der Waals surface area contributed by atoms with E-state index >= 15 is 0 Å². The third-order valence-corrected chi connectivity index (χ3v) is 5.28. The average molecular weight is 409 g/mol. The second kappa shape index (κ2) is 9.06. The fraction of sp³-hybridized carbons (Fsp3) is 0.318. The number of methoxy groups -OCH3 is 1. The summed E-state index contributed by atoms with van der Waals surface area (Å²) in [5, 5.41) is 8.36. The second-order valence-corrected chi connectivity index (χ2v) is 7.18.